The van der Waals surface area contributed by atoms with Gasteiger partial charge in [-0.05, 0) is 43.2 Å². The van der Waals surface area contributed by atoms with Crippen LogP contribution in [0.5, 0.6) is 5.75 Å². The molecular weight excluding hydrogens is 338 g/mol. The first-order valence-corrected chi connectivity index (χ1v) is 8.83. The second-order valence-corrected chi connectivity index (χ2v) is 5.95. The highest BCUT2D eigenvalue weighted by Crippen LogP contribution is 2.24. The van der Waals surface area contributed by atoms with Crippen molar-refractivity contribution >= 4 is 18.0 Å². The fraction of sp³-hybridized carbons (Fsp3) is 0.182. The number of benzene rings is 2. The summed E-state index contributed by atoms with van der Waals surface area (Å²) in [5.41, 5.74) is 2.33. The van der Waals surface area contributed by atoms with E-state index in [1.807, 2.05) is 74.5 Å². The van der Waals surface area contributed by atoms with Crippen LogP contribution in [0.3, 0.4) is 0 Å². The van der Waals surface area contributed by atoms with E-state index in [1.54, 1.807) is 6.08 Å². The van der Waals surface area contributed by atoms with Crippen molar-refractivity contribution in [3.05, 3.63) is 77.3 Å². The molecule has 5 heteroatoms. The Morgan fingerprint density at radius 3 is 2.56 bits per heavy atom. The molecular formula is C22H21N3O2. The predicted molar refractivity (Wildman–Crippen MR) is 106 cm³/mol. The molecule has 1 heterocycles. The van der Waals surface area contributed by atoms with Crippen LogP contribution in [0.15, 0.2) is 59.0 Å². The van der Waals surface area contributed by atoms with Gasteiger partial charge >= 0.3 is 0 Å². The van der Waals surface area contributed by atoms with Gasteiger partial charge in [-0.15, -0.1) is 0 Å². The van der Waals surface area contributed by atoms with E-state index in [-0.39, 0.29) is 11.7 Å². The van der Waals surface area contributed by atoms with Crippen LogP contribution < -0.4 is 10.1 Å². The number of nitrogens with one attached hydrogen (secondary N) is 1. The van der Waals surface area contributed by atoms with E-state index in [0.717, 1.165) is 16.9 Å². The first-order chi connectivity index (χ1) is 13.2. The molecule has 0 saturated carbocycles. The minimum Gasteiger partial charge on any atom is -0.494 e. The number of nitriles is 1. The highest BCUT2D eigenvalue weighted by atomic mass is 16.5. The molecule has 1 aromatic heterocycles. The minimum atomic E-state index is -0.00538. The van der Waals surface area contributed by atoms with Crippen molar-refractivity contribution in [2.45, 2.75) is 19.9 Å². The number of aromatic nitrogens is 1. The lowest BCUT2D eigenvalue weighted by Crippen LogP contribution is -2.06. The van der Waals surface area contributed by atoms with Gasteiger partial charge in [0.05, 0.1) is 12.6 Å². The average Bonchev–Trinajstić information content (AvgIpc) is 3.10. The van der Waals surface area contributed by atoms with Gasteiger partial charge in [0.15, 0.2) is 0 Å². The molecule has 0 bridgehead atoms. The van der Waals surface area contributed by atoms with E-state index in [4.69, 9.17) is 9.15 Å². The monoisotopic (exact) mass is 359 g/mol. The standard InChI is InChI=1S/C22H21N3O2/c1-3-26-19-12-9-17(10-13-19)11-14-21-25-20(15-23)22(27-21)24-16(2)18-7-5-4-6-8-18/h4-14,16,24H,3H2,1-2H3/b14-11+/t16-/m1/s1. The SMILES string of the molecule is CCOc1ccc(/C=C/c2nc(C#N)c(N[C@H](C)c3ccccc3)o2)cc1. The summed E-state index contributed by atoms with van der Waals surface area (Å²) in [7, 11) is 0. The van der Waals surface area contributed by atoms with E-state index in [0.29, 0.717) is 18.4 Å². The van der Waals surface area contributed by atoms with Crippen LogP contribution in [-0.2, 0) is 0 Å². The number of hydrogen-bond acceptors (Lipinski definition) is 5. The number of oxazole rings is 1. The molecule has 3 aromatic rings. The molecule has 0 unspecified atom stereocenters. The van der Waals surface area contributed by atoms with Crippen LogP contribution >= 0.6 is 0 Å². The predicted octanol–water partition coefficient (Wildman–Crippen LogP) is 5.29. The molecule has 0 spiro atoms. The third-order valence-electron chi connectivity index (χ3n) is 4.01. The van der Waals surface area contributed by atoms with Crippen LogP contribution in [-0.4, -0.2) is 11.6 Å². The van der Waals surface area contributed by atoms with E-state index in [1.165, 1.54) is 0 Å². The van der Waals surface area contributed by atoms with Gasteiger partial charge in [0.2, 0.25) is 17.5 Å². The Balaban J connectivity index is 1.73. The van der Waals surface area contributed by atoms with Gasteiger partial charge in [-0.1, -0.05) is 42.5 Å². The molecule has 1 N–H and O–H groups in total. The fourth-order valence-electron chi connectivity index (χ4n) is 2.61. The number of anilines is 1. The molecule has 0 saturated heterocycles. The zero-order chi connectivity index (χ0) is 19.1. The normalized spacial score (nSPS) is 11.9. The lowest BCUT2D eigenvalue weighted by Gasteiger charge is -2.12. The lowest BCUT2D eigenvalue weighted by atomic mass is 10.1. The van der Waals surface area contributed by atoms with Gasteiger partial charge < -0.3 is 14.5 Å². The topological polar surface area (TPSA) is 71.1 Å². The van der Waals surface area contributed by atoms with Crippen LogP contribution in [0.2, 0.25) is 0 Å². The summed E-state index contributed by atoms with van der Waals surface area (Å²) in [6, 6.07) is 19.8. The zero-order valence-corrected chi connectivity index (χ0v) is 15.3. The smallest absolute Gasteiger partial charge is 0.233 e. The van der Waals surface area contributed by atoms with Gasteiger partial charge in [0, 0.05) is 6.08 Å². The molecule has 3 rings (SSSR count). The molecule has 2 aromatic carbocycles. The first kappa shape index (κ1) is 18.3. The Labute approximate surface area is 158 Å². The second-order valence-electron chi connectivity index (χ2n) is 5.95. The second kappa shape index (κ2) is 8.72. The van der Waals surface area contributed by atoms with Gasteiger partial charge in [-0.2, -0.15) is 10.2 Å². The summed E-state index contributed by atoms with van der Waals surface area (Å²) in [6.07, 6.45) is 3.63. The molecule has 1 atom stereocenters. The van der Waals surface area contributed by atoms with Crippen molar-refractivity contribution in [1.29, 1.82) is 5.26 Å². The largest absolute Gasteiger partial charge is 0.494 e. The van der Waals surface area contributed by atoms with Gasteiger partial charge in [0.1, 0.15) is 11.8 Å². The van der Waals surface area contributed by atoms with Gasteiger partial charge in [0.25, 0.3) is 0 Å². The fourth-order valence-corrected chi connectivity index (χ4v) is 2.61. The third kappa shape index (κ3) is 4.77. The van der Waals surface area contributed by atoms with Crippen molar-refractivity contribution in [3.63, 3.8) is 0 Å². The highest BCUT2D eigenvalue weighted by molar-refractivity contribution is 5.67. The van der Waals surface area contributed by atoms with Crippen LogP contribution in [0.1, 0.15) is 42.6 Å². The summed E-state index contributed by atoms with van der Waals surface area (Å²) < 4.78 is 11.2. The van der Waals surface area contributed by atoms with Crippen molar-refractivity contribution in [3.8, 4) is 11.8 Å². The number of nitrogens with zero attached hydrogens (tertiary/aromatic N) is 2. The van der Waals surface area contributed by atoms with Crippen molar-refractivity contribution in [2.24, 2.45) is 0 Å². The molecule has 0 fully saturated rings. The highest BCUT2D eigenvalue weighted by Gasteiger charge is 2.14. The van der Waals surface area contributed by atoms with Crippen LogP contribution in [0.4, 0.5) is 5.88 Å². The summed E-state index contributed by atoms with van der Waals surface area (Å²) in [4.78, 5) is 4.24. The van der Waals surface area contributed by atoms with Gasteiger partial charge in [-0.3, -0.25) is 0 Å². The molecule has 0 amide bonds. The molecule has 5 nitrogen and oxygen atoms in total. The molecule has 0 aliphatic heterocycles. The Bertz CT molecular complexity index is 938. The molecule has 27 heavy (non-hydrogen) atoms. The average molecular weight is 359 g/mol. The quantitative estimate of drug-likeness (QED) is 0.621. The minimum absolute atomic E-state index is 0.00538. The molecule has 0 radical (unpaired) electrons. The summed E-state index contributed by atoms with van der Waals surface area (Å²) >= 11 is 0. The number of rotatable bonds is 7. The summed E-state index contributed by atoms with van der Waals surface area (Å²) in [5.74, 6) is 1.59. The van der Waals surface area contributed by atoms with Crippen molar-refractivity contribution in [2.75, 3.05) is 11.9 Å². The van der Waals surface area contributed by atoms with E-state index >= 15 is 0 Å². The van der Waals surface area contributed by atoms with E-state index in [2.05, 4.69) is 16.4 Å². The number of hydrogen-bond donors (Lipinski definition) is 1. The lowest BCUT2D eigenvalue weighted by molar-refractivity contribution is 0.340. The van der Waals surface area contributed by atoms with E-state index in [9.17, 15) is 5.26 Å². The van der Waals surface area contributed by atoms with Crippen LogP contribution in [0.25, 0.3) is 12.2 Å². The molecule has 136 valence electrons. The van der Waals surface area contributed by atoms with Crippen molar-refractivity contribution < 1.29 is 9.15 Å². The molecule has 0 aliphatic carbocycles. The first-order valence-electron chi connectivity index (χ1n) is 8.83. The number of ether oxygens (including phenoxy) is 1. The molecule has 0 aliphatic rings. The Hall–Kier alpha value is -3.52. The van der Waals surface area contributed by atoms with Gasteiger partial charge in [-0.25, -0.2) is 0 Å². The zero-order valence-electron chi connectivity index (χ0n) is 15.3. The summed E-state index contributed by atoms with van der Waals surface area (Å²) in [6.45, 7) is 4.60. The van der Waals surface area contributed by atoms with Crippen molar-refractivity contribution in [1.82, 2.24) is 4.98 Å². The maximum absolute atomic E-state index is 9.33. The maximum atomic E-state index is 9.33. The maximum Gasteiger partial charge on any atom is 0.233 e. The Kier molecular flexibility index (Phi) is 5.91. The Morgan fingerprint density at radius 2 is 1.89 bits per heavy atom. The van der Waals surface area contributed by atoms with E-state index < -0.39 is 0 Å². The third-order valence-corrected chi connectivity index (χ3v) is 4.01. The summed E-state index contributed by atoms with van der Waals surface area (Å²) in [5, 5.41) is 12.5. The Morgan fingerprint density at radius 1 is 1.15 bits per heavy atom. The van der Waals surface area contributed by atoms with Crippen LogP contribution in [0, 0.1) is 11.3 Å².